The minimum atomic E-state index is -0.964. The Hall–Kier alpha value is -2.86. The number of nitrogens with zero attached hydrogens (tertiary/aromatic N) is 1. The van der Waals surface area contributed by atoms with Crippen LogP contribution in [-0.4, -0.2) is 41.1 Å². The minimum absolute atomic E-state index is 0.228. The van der Waals surface area contributed by atoms with Crippen molar-refractivity contribution < 1.29 is 14.7 Å². The Morgan fingerprint density at radius 3 is 2.22 bits per heavy atom. The summed E-state index contributed by atoms with van der Waals surface area (Å²) in [6, 6.07) is 16.4. The zero-order valence-electron chi connectivity index (χ0n) is 16.0. The summed E-state index contributed by atoms with van der Waals surface area (Å²) in [6.45, 7) is 5.80. The van der Waals surface area contributed by atoms with E-state index in [0.29, 0.717) is 13.1 Å². The monoisotopic (exact) mass is 369 g/mol. The van der Waals surface area contributed by atoms with Crippen LogP contribution in [0.4, 0.5) is 4.79 Å². The molecule has 2 rings (SSSR count). The van der Waals surface area contributed by atoms with Crippen LogP contribution in [0, 0.1) is 0 Å². The highest BCUT2D eigenvalue weighted by Gasteiger charge is 2.22. The van der Waals surface area contributed by atoms with Gasteiger partial charge >= 0.3 is 12.0 Å². The maximum absolute atomic E-state index is 12.2. The molecule has 0 aliphatic carbocycles. The zero-order chi connectivity index (χ0) is 19.9. The van der Waals surface area contributed by atoms with Crippen molar-refractivity contribution in [2.45, 2.75) is 32.5 Å². The highest BCUT2D eigenvalue weighted by molar-refractivity contribution is 5.87. The Kier molecular flexibility index (Phi) is 6.96. The van der Waals surface area contributed by atoms with Crippen LogP contribution < -0.4 is 10.6 Å². The first-order valence-corrected chi connectivity index (χ1v) is 8.86. The summed E-state index contributed by atoms with van der Waals surface area (Å²) in [6.07, 6.45) is 0. The molecule has 0 bridgehead atoms. The molecule has 2 aromatic carbocycles. The molecule has 2 aromatic rings. The standard InChI is InChI=1S/C21H27N3O3/c1-21(2,15-24(3)14-17-7-5-4-6-8-17)23-20(27)22-13-16-9-11-18(12-10-16)19(25)26/h4-12H,13-15H2,1-3H3,(H,25,26)(H2,22,23,27). The molecule has 2 amide bonds. The Morgan fingerprint density at radius 2 is 1.63 bits per heavy atom. The van der Waals surface area contributed by atoms with Gasteiger partial charge in [-0.3, -0.25) is 4.90 Å². The summed E-state index contributed by atoms with van der Waals surface area (Å²) in [4.78, 5) is 25.2. The molecule has 3 N–H and O–H groups in total. The van der Waals surface area contributed by atoms with Crippen LogP contribution in [0.2, 0.25) is 0 Å². The van der Waals surface area contributed by atoms with E-state index in [0.717, 1.165) is 12.1 Å². The highest BCUT2D eigenvalue weighted by Crippen LogP contribution is 2.09. The van der Waals surface area contributed by atoms with Crippen LogP contribution >= 0.6 is 0 Å². The molecule has 27 heavy (non-hydrogen) atoms. The van der Waals surface area contributed by atoms with Crippen molar-refractivity contribution in [1.29, 1.82) is 0 Å². The minimum Gasteiger partial charge on any atom is -0.478 e. The maximum Gasteiger partial charge on any atom is 0.335 e. The average Bonchev–Trinajstić information content (AvgIpc) is 2.60. The van der Waals surface area contributed by atoms with E-state index in [4.69, 9.17) is 5.11 Å². The molecule has 0 aliphatic rings. The summed E-state index contributed by atoms with van der Waals surface area (Å²) >= 11 is 0. The molecule has 0 heterocycles. The van der Waals surface area contributed by atoms with Crippen LogP contribution in [0.15, 0.2) is 54.6 Å². The van der Waals surface area contributed by atoms with Crippen LogP contribution in [-0.2, 0) is 13.1 Å². The molecule has 0 unspecified atom stereocenters. The number of carboxylic acid groups (broad SMARTS) is 1. The molecule has 0 fully saturated rings. The maximum atomic E-state index is 12.2. The third kappa shape index (κ3) is 7.11. The summed E-state index contributed by atoms with van der Waals surface area (Å²) in [5, 5.41) is 14.7. The normalized spacial score (nSPS) is 11.3. The Bertz CT molecular complexity index is 758. The lowest BCUT2D eigenvalue weighted by atomic mass is 10.0. The number of amides is 2. The number of rotatable bonds is 8. The van der Waals surface area contributed by atoms with Crippen LogP contribution in [0.5, 0.6) is 0 Å². The molecule has 0 aliphatic heterocycles. The van der Waals surface area contributed by atoms with E-state index in [2.05, 4.69) is 27.7 Å². The highest BCUT2D eigenvalue weighted by atomic mass is 16.4. The lowest BCUT2D eigenvalue weighted by molar-refractivity contribution is 0.0697. The summed E-state index contributed by atoms with van der Waals surface area (Å²) in [7, 11) is 2.03. The van der Waals surface area contributed by atoms with Gasteiger partial charge in [-0.2, -0.15) is 0 Å². The van der Waals surface area contributed by atoms with Gasteiger partial charge in [0, 0.05) is 25.2 Å². The zero-order valence-corrected chi connectivity index (χ0v) is 16.0. The molecule has 6 nitrogen and oxygen atoms in total. The molecule has 0 radical (unpaired) electrons. The lowest BCUT2D eigenvalue weighted by Crippen LogP contribution is -2.53. The smallest absolute Gasteiger partial charge is 0.335 e. The summed E-state index contributed by atoms with van der Waals surface area (Å²) < 4.78 is 0. The van der Waals surface area contributed by atoms with E-state index in [1.807, 2.05) is 39.1 Å². The number of nitrogens with one attached hydrogen (secondary N) is 2. The third-order valence-corrected chi connectivity index (χ3v) is 4.07. The van der Waals surface area contributed by atoms with Crippen molar-refractivity contribution in [2.75, 3.05) is 13.6 Å². The number of hydrogen-bond acceptors (Lipinski definition) is 3. The van der Waals surface area contributed by atoms with Crippen molar-refractivity contribution >= 4 is 12.0 Å². The predicted octanol–water partition coefficient (Wildman–Crippen LogP) is 3.09. The number of benzene rings is 2. The first-order valence-electron chi connectivity index (χ1n) is 8.86. The number of hydrogen-bond donors (Lipinski definition) is 3. The molecular weight excluding hydrogens is 342 g/mol. The molecule has 0 spiro atoms. The van der Waals surface area contributed by atoms with E-state index in [1.54, 1.807) is 12.1 Å². The second kappa shape index (κ2) is 9.19. The fourth-order valence-electron chi connectivity index (χ4n) is 2.96. The van der Waals surface area contributed by atoms with Gasteiger partial charge in [0.2, 0.25) is 0 Å². The van der Waals surface area contributed by atoms with Crippen molar-refractivity contribution in [3.05, 3.63) is 71.3 Å². The van der Waals surface area contributed by atoms with Crippen molar-refractivity contribution in [1.82, 2.24) is 15.5 Å². The van der Waals surface area contributed by atoms with Gasteiger partial charge in [-0.05, 0) is 44.2 Å². The number of carboxylic acids is 1. The number of likely N-dealkylation sites (N-methyl/N-ethyl adjacent to an activating group) is 1. The van der Waals surface area contributed by atoms with Gasteiger partial charge in [-0.15, -0.1) is 0 Å². The second-order valence-corrected chi connectivity index (χ2v) is 7.35. The number of urea groups is 1. The number of carbonyl (C=O) groups excluding carboxylic acids is 1. The number of aromatic carboxylic acids is 1. The summed E-state index contributed by atoms with van der Waals surface area (Å²) in [5.41, 5.74) is 1.89. The number of carbonyl (C=O) groups is 2. The van der Waals surface area contributed by atoms with Crippen molar-refractivity contribution in [2.24, 2.45) is 0 Å². The van der Waals surface area contributed by atoms with Crippen LogP contribution in [0.25, 0.3) is 0 Å². The van der Waals surface area contributed by atoms with Gasteiger partial charge in [-0.25, -0.2) is 9.59 Å². The Labute approximate surface area is 160 Å². The van der Waals surface area contributed by atoms with Gasteiger partial charge < -0.3 is 15.7 Å². The fourth-order valence-corrected chi connectivity index (χ4v) is 2.96. The van der Waals surface area contributed by atoms with Gasteiger partial charge in [-0.1, -0.05) is 42.5 Å². The van der Waals surface area contributed by atoms with Gasteiger partial charge in [0.25, 0.3) is 0 Å². The molecule has 0 atom stereocenters. The average molecular weight is 369 g/mol. The molecule has 144 valence electrons. The van der Waals surface area contributed by atoms with E-state index >= 15 is 0 Å². The molecule has 6 heteroatoms. The second-order valence-electron chi connectivity index (χ2n) is 7.35. The van der Waals surface area contributed by atoms with Crippen molar-refractivity contribution in [3.63, 3.8) is 0 Å². The lowest BCUT2D eigenvalue weighted by Gasteiger charge is -2.31. The molecule has 0 saturated heterocycles. The van der Waals surface area contributed by atoms with Gasteiger partial charge in [0.15, 0.2) is 0 Å². The van der Waals surface area contributed by atoms with Gasteiger partial charge in [0.05, 0.1) is 5.56 Å². The molecule has 0 aromatic heterocycles. The Morgan fingerprint density at radius 1 is 1.00 bits per heavy atom. The molecule has 0 saturated carbocycles. The van der Waals surface area contributed by atoms with Gasteiger partial charge in [0.1, 0.15) is 0 Å². The third-order valence-electron chi connectivity index (χ3n) is 4.07. The van der Waals surface area contributed by atoms with Crippen LogP contribution in [0.1, 0.15) is 35.3 Å². The molecular formula is C21H27N3O3. The first kappa shape index (κ1) is 20.5. The van der Waals surface area contributed by atoms with E-state index < -0.39 is 11.5 Å². The quantitative estimate of drug-likeness (QED) is 0.668. The SMILES string of the molecule is CN(Cc1ccccc1)CC(C)(C)NC(=O)NCc1ccc(C(=O)O)cc1. The van der Waals surface area contributed by atoms with Crippen molar-refractivity contribution in [3.8, 4) is 0 Å². The Balaban J connectivity index is 1.79. The van der Waals surface area contributed by atoms with E-state index in [1.165, 1.54) is 17.7 Å². The topological polar surface area (TPSA) is 81.7 Å². The van der Waals surface area contributed by atoms with E-state index in [-0.39, 0.29) is 11.6 Å². The van der Waals surface area contributed by atoms with Crippen LogP contribution in [0.3, 0.4) is 0 Å². The largest absolute Gasteiger partial charge is 0.478 e. The summed E-state index contributed by atoms with van der Waals surface area (Å²) in [5.74, 6) is -0.964. The van der Waals surface area contributed by atoms with E-state index in [9.17, 15) is 9.59 Å². The predicted molar refractivity (Wildman–Crippen MR) is 106 cm³/mol. The fraction of sp³-hybridized carbons (Fsp3) is 0.333. The first-order chi connectivity index (χ1) is 12.7.